The highest BCUT2D eigenvalue weighted by Gasteiger charge is 2.14. The van der Waals surface area contributed by atoms with Crippen LogP contribution >= 0.6 is 0 Å². The van der Waals surface area contributed by atoms with Crippen LogP contribution in [-0.2, 0) is 11.2 Å². The maximum atomic E-state index is 12.0. The van der Waals surface area contributed by atoms with Gasteiger partial charge in [-0.25, -0.2) is 4.98 Å². The summed E-state index contributed by atoms with van der Waals surface area (Å²) >= 11 is 0. The molecule has 0 aromatic carbocycles. The second-order valence-corrected chi connectivity index (χ2v) is 4.33. The summed E-state index contributed by atoms with van der Waals surface area (Å²) < 4.78 is 0. The van der Waals surface area contributed by atoms with Gasteiger partial charge >= 0.3 is 0 Å². The van der Waals surface area contributed by atoms with Crippen molar-refractivity contribution in [2.45, 2.75) is 27.2 Å². The van der Waals surface area contributed by atoms with Crippen LogP contribution in [-0.4, -0.2) is 47.5 Å². The zero-order chi connectivity index (χ0) is 14.4. The summed E-state index contributed by atoms with van der Waals surface area (Å²) in [5.74, 6) is 1.19. The molecule has 1 rings (SSSR count). The van der Waals surface area contributed by atoms with E-state index in [1.165, 1.54) is 6.07 Å². The van der Waals surface area contributed by atoms with Crippen molar-refractivity contribution in [3.8, 4) is 0 Å². The van der Waals surface area contributed by atoms with Gasteiger partial charge in [0.25, 0.3) is 5.56 Å². The van der Waals surface area contributed by atoms with Crippen LogP contribution in [0.4, 0.5) is 5.82 Å². The van der Waals surface area contributed by atoms with Crippen molar-refractivity contribution in [1.82, 2.24) is 14.9 Å². The Labute approximate surface area is 113 Å². The van der Waals surface area contributed by atoms with E-state index in [4.69, 9.17) is 0 Å². The smallest absolute Gasteiger partial charge is 0.252 e. The van der Waals surface area contributed by atoms with Crippen LogP contribution in [0, 0.1) is 0 Å². The Bertz CT molecular complexity index is 480. The van der Waals surface area contributed by atoms with Crippen LogP contribution < -0.4 is 10.5 Å². The summed E-state index contributed by atoms with van der Waals surface area (Å²) in [5, 5.41) is 0. The number of H-pyrrole nitrogens is 1. The van der Waals surface area contributed by atoms with E-state index in [2.05, 4.69) is 9.97 Å². The number of nitrogens with one attached hydrogen (secondary N) is 1. The largest absolute Gasteiger partial charge is 0.350 e. The summed E-state index contributed by atoms with van der Waals surface area (Å²) in [6, 6.07) is 1.41. The Balaban J connectivity index is 2.83. The molecular formula is C13H22N4O2. The zero-order valence-electron chi connectivity index (χ0n) is 12.1. The van der Waals surface area contributed by atoms with Crippen LogP contribution in [0.1, 0.15) is 26.6 Å². The minimum atomic E-state index is -0.191. The fraction of sp³-hybridized carbons (Fsp3) is 0.615. The molecule has 0 aliphatic carbocycles. The van der Waals surface area contributed by atoms with Crippen molar-refractivity contribution >= 4 is 11.7 Å². The lowest BCUT2D eigenvalue weighted by Crippen LogP contribution is -2.39. The monoisotopic (exact) mass is 266 g/mol. The van der Waals surface area contributed by atoms with E-state index < -0.39 is 0 Å². The van der Waals surface area contributed by atoms with E-state index in [-0.39, 0.29) is 18.0 Å². The predicted octanol–water partition coefficient (Wildman–Crippen LogP) is 0.637. The lowest BCUT2D eigenvalue weighted by molar-refractivity contribution is -0.129. The second-order valence-electron chi connectivity index (χ2n) is 4.33. The van der Waals surface area contributed by atoms with Crippen molar-refractivity contribution in [1.29, 1.82) is 0 Å². The van der Waals surface area contributed by atoms with Crippen LogP contribution in [0.25, 0.3) is 0 Å². The zero-order valence-corrected chi connectivity index (χ0v) is 12.1. The van der Waals surface area contributed by atoms with E-state index in [1.54, 1.807) is 16.8 Å². The number of aromatic nitrogens is 2. The van der Waals surface area contributed by atoms with Crippen molar-refractivity contribution < 1.29 is 4.79 Å². The number of nitrogens with zero attached hydrogens (tertiary/aromatic N) is 3. The molecule has 0 saturated heterocycles. The van der Waals surface area contributed by atoms with Crippen LogP contribution in [0.2, 0.25) is 0 Å². The number of hydrogen-bond donors (Lipinski definition) is 1. The minimum absolute atomic E-state index is 0.0348. The van der Waals surface area contributed by atoms with Crippen molar-refractivity contribution in [3.05, 3.63) is 22.2 Å². The van der Waals surface area contributed by atoms with Crippen molar-refractivity contribution in [2.75, 3.05) is 31.6 Å². The molecule has 1 amide bonds. The van der Waals surface area contributed by atoms with Gasteiger partial charge in [-0.3, -0.25) is 9.59 Å². The molecule has 0 atom stereocenters. The molecule has 0 unspecified atom stereocenters. The van der Waals surface area contributed by atoms with Gasteiger partial charge in [0.2, 0.25) is 5.91 Å². The van der Waals surface area contributed by atoms with Gasteiger partial charge in [-0.1, -0.05) is 6.92 Å². The predicted molar refractivity (Wildman–Crippen MR) is 75.4 cm³/mol. The number of rotatable bonds is 6. The molecular weight excluding hydrogens is 244 g/mol. The first-order valence-corrected chi connectivity index (χ1v) is 6.60. The van der Waals surface area contributed by atoms with E-state index in [0.29, 0.717) is 31.2 Å². The molecule has 0 radical (unpaired) electrons. The van der Waals surface area contributed by atoms with E-state index in [9.17, 15) is 9.59 Å². The molecule has 6 heteroatoms. The number of likely N-dealkylation sites (N-methyl/N-ethyl adjacent to an activating group) is 2. The molecule has 1 heterocycles. The molecule has 1 aromatic heterocycles. The number of aryl methyl sites for hydroxylation is 1. The van der Waals surface area contributed by atoms with Crippen LogP contribution in [0.3, 0.4) is 0 Å². The Kier molecular flexibility index (Phi) is 5.54. The highest BCUT2D eigenvalue weighted by atomic mass is 16.2. The van der Waals surface area contributed by atoms with Gasteiger partial charge in [-0.05, 0) is 13.8 Å². The summed E-state index contributed by atoms with van der Waals surface area (Å²) in [6.07, 6.45) is 0.654. The van der Waals surface area contributed by atoms with Crippen LogP contribution in [0.15, 0.2) is 10.9 Å². The molecule has 1 N–H and O–H groups in total. The summed E-state index contributed by atoms with van der Waals surface area (Å²) in [5.41, 5.74) is -0.191. The number of carbonyl (C=O) groups is 1. The van der Waals surface area contributed by atoms with E-state index in [0.717, 1.165) is 0 Å². The van der Waals surface area contributed by atoms with Gasteiger partial charge in [0.05, 0.1) is 6.54 Å². The molecule has 106 valence electrons. The number of carbonyl (C=O) groups excluding carboxylic acids is 1. The SMILES string of the molecule is CCc1nc(N(C)CC(=O)N(CC)CC)cc(=O)[nH]1. The van der Waals surface area contributed by atoms with Gasteiger partial charge in [-0.15, -0.1) is 0 Å². The van der Waals surface area contributed by atoms with E-state index >= 15 is 0 Å². The minimum Gasteiger partial charge on any atom is -0.350 e. The molecule has 1 aromatic rings. The summed E-state index contributed by atoms with van der Waals surface area (Å²) in [4.78, 5) is 33.9. The van der Waals surface area contributed by atoms with Gasteiger partial charge in [0.15, 0.2) is 0 Å². The quantitative estimate of drug-likeness (QED) is 0.820. The van der Waals surface area contributed by atoms with Gasteiger partial charge in [-0.2, -0.15) is 0 Å². The topological polar surface area (TPSA) is 69.3 Å². The van der Waals surface area contributed by atoms with Gasteiger partial charge in [0.1, 0.15) is 11.6 Å². The third-order valence-electron chi connectivity index (χ3n) is 2.99. The Morgan fingerprint density at radius 3 is 2.47 bits per heavy atom. The lowest BCUT2D eigenvalue weighted by Gasteiger charge is -2.23. The number of amides is 1. The maximum absolute atomic E-state index is 12.0. The molecule has 0 spiro atoms. The third-order valence-corrected chi connectivity index (χ3v) is 2.99. The highest BCUT2D eigenvalue weighted by molar-refractivity contribution is 5.81. The molecule has 0 fully saturated rings. The standard InChI is InChI=1S/C13H22N4O2/c1-5-10-14-11(8-12(18)15-10)16(4)9-13(19)17(6-2)7-3/h8H,5-7,9H2,1-4H3,(H,14,15,18). The number of hydrogen-bond acceptors (Lipinski definition) is 4. The molecule has 0 saturated carbocycles. The average molecular weight is 266 g/mol. The Morgan fingerprint density at radius 2 is 1.95 bits per heavy atom. The van der Waals surface area contributed by atoms with Crippen molar-refractivity contribution in [2.24, 2.45) is 0 Å². The second kappa shape index (κ2) is 6.92. The normalized spacial score (nSPS) is 10.3. The molecule has 0 bridgehead atoms. The molecule has 6 nitrogen and oxygen atoms in total. The average Bonchev–Trinajstić information content (AvgIpc) is 2.39. The fourth-order valence-electron chi connectivity index (χ4n) is 1.82. The number of aromatic amines is 1. The highest BCUT2D eigenvalue weighted by Crippen LogP contribution is 2.06. The maximum Gasteiger partial charge on any atom is 0.252 e. The van der Waals surface area contributed by atoms with Crippen LogP contribution in [0.5, 0.6) is 0 Å². The molecule has 0 aliphatic heterocycles. The first-order chi connectivity index (χ1) is 9.01. The third kappa shape index (κ3) is 4.08. The molecule has 0 aliphatic rings. The van der Waals surface area contributed by atoms with E-state index in [1.807, 2.05) is 20.8 Å². The first-order valence-electron chi connectivity index (χ1n) is 6.60. The first kappa shape index (κ1) is 15.2. The molecule has 19 heavy (non-hydrogen) atoms. The Hall–Kier alpha value is -1.85. The summed E-state index contributed by atoms with van der Waals surface area (Å²) in [6.45, 7) is 7.41. The van der Waals surface area contributed by atoms with Gasteiger partial charge in [0, 0.05) is 32.6 Å². The fourth-order valence-corrected chi connectivity index (χ4v) is 1.82. The summed E-state index contributed by atoms with van der Waals surface area (Å²) in [7, 11) is 1.77. The number of anilines is 1. The Morgan fingerprint density at radius 1 is 1.32 bits per heavy atom. The van der Waals surface area contributed by atoms with Crippen molar-refractivity contribution in [3.63, 3.8) is 0 Å². The lowest BCUT2D eigenvalue weighted by atomic mass is 10.4. The van der Waals surface area contributed by atoms with Gasteiger partial charge < -0.3 is 14.8 Å².